The molecule has 0 saturated heterocycles. The van der Waals surface area contributed by atoms with E-state index in [-0.39, 0.29) is 4.90 Å². The molecule has 0 unspecified atom stereocenters. The van der Waals surface area contributed by atoms with Crippen LogP contribution in [0.3, 0.4) is 0 Å². The molecule has 1 aromatic heterocycles. The predicted octanol–water partition coefficient (Wildman–Crippen LogP) is 7.59. The third kappa shape index (κ3) is 3.55. The Hall–Kier alpha value is -4.61. The second-order valence-corrected chi connectivity index (χ2v) is 11.0. The van der Waals surface area contributed by atoms with Crippen LogP contribution in [-0.2, 0) is 9.84 Å². The van der Waals surface area contributed by atoms with E-state index in [9.17, 15) is 8.42 Å². The number of fused-ring (bicyclic) bond motifs is 5. The van der Waals surface area contributed by atoms with Gasteiger partial charge < -0.3 is 0 Å². The van der Waals surface area contributed by atoms with Crippen molar-refractivity contribution in [1.29, 1.82) is 0 Å². The summed E-state index contributed by atoms with van der Waals surface area (Å²) < 4.78 is 26.2. The molecule has 0 bridgehead atoms. The van der Waals surface area contributed by atoms with E-state index < -0.39 is 9.84 Å². The van der Waals surface area contributed by atoms with Crippen LogP contribution >= 0.6 is 0 Å². The van der Waals surface area contributed by atoms with E-state index in [0.717, 1.165) is 54.7 Å². The van der Waals surface area contributed by atoms with Gasteiger partial charge in [-0.05, 0) is 75.8 Å². The van der Waals surface area contributed by atoms with Crippen LogP contribution in [0, 0.1) is 0 Å². The molecule has 0 amide bonds. The zero-order valence-corrected chi connectivity index (χ0v) is 20.5. The van der Waals surface area contributed by atoms with Crippen molar-refractivity contribution < 1.29 is 8.42 Å². The predicted molar refractivity (Wildman–Crippen MR) is 149 cm³/mol. The Labute approximate surface area is 213 Å². The smallest absolute Gasteiger partial charge is 0.206 e. The molecule has 37 heavy (non-hydrogen) atoms. The summed E-state index contributed by atoms with van der Waals surface area (Å²) in [5, 5.41) is 4.00. The molecule has 176 valence electrons. The van der Waals surface area contributed by atoms with Crippen molar-refractivity contribution in [3.8, 4) is 11.1 Å². The number of para-hydroxylation sites is 2. The highest BCUT2D eigenvalue weighted by molar-refractivity contribution is 7.91. The molecule has 1 heterocycles. The van der Waals surface area contributed by atoms with Crippen LogP contribution in [0.2, 0.25) is 0 Å². The Kier molecular flexibility index (Phi) is 4.81. The van der Waals surface area contributed by atoms with E-state index in [1.807, 2.05) is 60.7 Å². The molecule has 5 heteroatoms. The largest absolute Gasteiger partial charge is 0.244 e. The fraction of sp³-hybridized carbons (Fsp3) is 0. The molecular formula is C32H20N2O2S. The molecular weight excluding hydrogens is 476 g/mol. The number of nitrogens with zero attached hydrogens (tertiary/aromatic N) is 2. The van der Waals surface area contributed by atoms with Gasteiger partial charge in [0.05, 0.1) is 31.9 Å². The average Bonchev–Trinajstić information content (AvgIpc) is 2.95. The third-order valence-corrected chi connectivity index (χ3v) is 8.60. The van der Waals surface area contributed by atoms with Crippen molar-refractivity contribution in [3.63, 3.8) is 0 Å². The van der Waals surface area contributed by atoms with E-state index in [2.05, 4.69) is 24.3 Å². The summed E-state index contributed by atoms with van der Waals surface area (Å²) in [6, 6.07) is 38.3. The van der Waals surface area contributed by atoms with Crippen molar-refractivity contribution in [2.45, 2.75) is 9.79 Å². The monoisotopic (exact) mass is 496 g/mol. The highest BCUT2D eigenvalue weighted by atomic mass is 32.2. The summed E-state index contributed by atoms with van der Waals surface area (Å²) in [5.41, 5.74) is 5.57. The number of aromatic nitrogens is 2. The molecule has 0 aliphatic rings. The minimum Gasteiger partial charge on any atom is -0.244 e. The van der Waals surface area contributed by atoms with Gasteiger partial charge >= 0.3 is 0 Å². The SMILES string of the molecule is O=S(=O)(c1ccccc1)c1ccc2cc(-c3cc4nc5ccccc5nc4c4ccccc34)ccc2c1. The molecule has 0 spiro atoms. The van der Waals surface area contributed by atoms with Crippen LogP contribution in [0.4, 0.5) is 0 Å². The quantitative estimate of drug-likeness (QED) is 0.187. The molecule has 0 saturated carbocycles. The van der Waals surface area contributed by atoms with Crippen LogP contribution < -0.4 is 0 Å². The highest BCUT2D eigenvalue weighted by Gasteiger charge is 2.18. The van der Waals surface area contributed by atoms with E-state index in [1.54, 1.807) is 36.4 Å². The van der Waals surface area contributed by atoms with Crippen molar-refractivity contribution in [3.05, 3.63) is 121 Å². The number of hydrogen-bond acceptors (Lipinski definition) is 4. The zero-order chi connectivity index (χ0) is 25.0. The summed E-state index contributed by atoms with van der Waals surface area (Å²) in [5.74, 6) is 0. The lowest BCUT2D eigenvalue weighted by molar-refractivity contribution is 0.596. The van der Waals surface area contributed by atoms with E-state index >= 15 is 0 Å². The van der Waals surface area contributed by atoms with Crippen molar-refractivity contribution in [1.82, 2.24) is 9.97 Å². The topological polar surface area (TPSA) is 59.9 Å². The molecule has 4 nitrogen and oxygen atoms in total. The molecule has 6 aromatic carbocycles. The third-order valence-electron chi connectivity index (χ3n) is 6.84. The molecule has 0 fully saturated rings. The minimum absolute atomic E-state index is 0.289. The lowest BCUT2D eigenvalue weighted by atomic mass is 9.95. The van der Waals surface area contributed by atoms with Gasteiger partial charge in [-0.3, -0.25) is 0 Å². The van der Waals surface area contributed by atoms with Crippen LogP contribution in [0.5, 0.6) is 0 Å². The second kappa shape index (κ2) is 8.22. The standard InChI is InChI=1S/C32H20N2O2S/c35-37(36,24-8-2-1-3-9-24)25-17-16-21-18-23(15-14-22(21)19-25)28-20-31-32(27-11-5-4-10-26(27)28)34-30-13-7-6-12-29(30)33-31/h1-20H. The lowest BCUT2D eigenvalue weighted by Gasteiger charge is -2.12. The van der Waals surface area contributed by atoms with Crippen molar-refractivity contribution in [2.75, 3.05) is 0 Å². The second-order valence-electron chi connectivity index (χ2n) is 9.09. The molecule has 0 atom stereocenters. The molecule has 0 N–H and O–H groups in total. The average molecular weight is 497 g/mol. The Morgan fingerprint density at radius 2 is 1.14 bits per heavy atom. The first-order valence-corrected chi connectivity index (χ1v) is 13.5. The van der Waals surface area contributed by atoms with E-state index in [1.165, 1.54) is 0 Å². The lowest BCUT2D eigenvalue weighted by Crippen LogP contribution is -2.01. The first-order chi connectivity index (χ1) is 18.1. The normalized spacial score (nSPS) is 12.0. The molecule has 0 aliphatic heterocycles. The summed E-state index contributed by atoms with van der Waals surface area (Å²) >= 11 is 0. The fourth-order valence-electron chi connectivity index (χ4n) is 4.98. The fourth-order valence-corrected chi connectivity index (χ4v) is 6.30. The van der Waals surface area contributed by atoms with Crippen LogP contribution in [0.25, 0.3) is 54.7 Å². The first-order valence-electron chi connectivity index (χ1n) is 12.0. The maximum atomic E-state index is 13.1. The van der Waals surface area contributed by atoms with Gasteiger partial charge in [-0.2, -0.15) is 0 Å². The molecule has 0 radical (unpaired) electrons. The number of hydrogen-bond donors (Lipinski definition) is 0. The van der Waals surface area contributed by atoms with Gasteiger partial charge in [0.1, 0.15) is 0 Å². The zero-order valence-electron chi connectivity index (χ0n) is 19.7. The summed E-state index contributed by atoms with van der Waals surface area (Å²) in [4.78, 5) is 10.4. The van der Waals surface area contributed by atoms with E-state index in [4.69, 9.17) is 9.97 Å². The summed E-state index contributed by atoms with van der Waals surface area (Å²) in [6.45, 7) is 0. The van der Waals surface area contributed by atoms with Crippen LogP contribution in [-0.4, -0.2) is 18.4 Å². The first kappa shape index (κ1) is 21.7. The van der Waals surface area contributed by atoms with Crippen molar-refractivity contribution >= 4 is 53.4 Å². The molecule has 7 rings (SSSR count). The van der Waals surface area contributed by atoms with Gasteiger partial charge in [-0.15, -0.1) is 0 Å². The van der Waals surface area contributed by atoms with Gasteiger partial charge in [0.15, 0.2) is 0 Å². The van der Waals surface area contributed by atoms with Gasteiger partial charge in [0, 0.05) is 5.39 Å². The highest BCUT2D eigenvalue weighted by Crippen LogP contribution is 2.36. The Balaban J connectivity index is 1.41. The molecule has 0 aliphatic carbocycles. The van der Waals surface area contributed by atoms with Gasteiger partial charge in [-0.1, -0.05) is 72.8 Å². The van der Waals surface area contributed by atoms with Crippen molar-refractivity contribution in [2.24, 2.45) is 0 Å². The summed E-state index contributed by atoms with van der Waals surface area (Å²) in [7, 11) is -3.58. The van der Waals surface area contributed by atoms with Gasteiger partial charge in [-0.25, -0.2) is 18.4 Å². The maximum Gasteiger partial charge on any atom is 0.206 e. The van der Waals surface area contributed by atoms with E-state index in [0.29, 0.717) is 4.90 Å². The number of benzene rings is 6. The Bertz CT molecular complexity index is 2100. The van der Waals surface area contributed by atoms with Crippen LogP contribution in [0.15, 0.2) is 131 Å². The molecule has 7 aromatic rings. The number of sulfone groups is 1. The Morgan fingerprint density at radius 1 is 0.486 bits per heavy atom. The van der Waals surface area contributed by atoms with Gasteiger partial charge in [0.2, 0.25) is 9.84 Å². The minimum atomic E-state index is -3.58. The van der Waals surface area contributed by atoms with Gasteiger partial charge in [0.25, 0.3) is 0 Å². The van der Waals surface area contributed by atoms with Crippen LogP contribution in [0.1, 0.15) is 0 Å². The Morgan fingerprint density at radius 3 is 1.95 bits per heavy atom. The maximum absolute atomic E-state index is 13.1. The summed E-state index contributed by atoms with van der Waals surface area (Å²) in [6.07, 6.45) is 0. The number of rotatable bonds is 3.